The molecule has 0 atom stereocenters. The van der Waals surface area contributed by atoms with Crippen molar-refractivity contribution in [2.45, 2.75) is 39.2 Å². The minimum absolute atomic E-state index is 0.0681. The smallest absolute Gasteiger partial charge is 0.310 e. The Hall–Kier alpha value is -2.24. The van der Waals surface area contributed by atoms with E-state index in [4.69, 9.17) is 14.2 Å². The van der Waals surface area contributed by atoms with Crippen molar-refractivity contribution in [1.29, 1.82) is 0 Å². The van der Waals surface area contributed by atoms with Crippen LogP contribution in [0.5, 0.6) is 11.5 Å². The average Bonchev–Trinajstić information content (AvgIpc) is 2.57. The van der Waals surface area contributed by atoms with E-state index in [1.807, 2.05) is 13.8 Å². The number of ether oxygens (including phenoxy) is 3. The Bertz CT molecular complexity index is 526. The molecule has 0 saturated heterocycles. The SMILES string of the molecule is CCC(CC)NC(=O)COC(=O)Cc1ccc(OC)c(OC)c1. The van der Waals surface area contributed by atoms with Gasteiger partial charge in [-0.15, -0.1) is 0 Å². The third-order valence-electron chi connectivity index (χ3n) is 3.51. The van der Waals surface area contributed by atoms with E-state index < -0.39 is 5.97 Å². The van der Waals surface area contributed by atoms with Crippen LogP contribution < -0.4 is 14.8 Å². The average molecular weight is 323 g/mol. The van der Waals surface area contributed by atoms with Gasteiger partial charge in [0.1, 0.15) is 0 Å². The Balaban J connectivity index is 2.49. The summed E-state index contributed by atoms with van der Waals surface area (Å²) in [4.78, 5) is 23.5. The summed E-state index contributed by atoms with van der Waals surface area (Å²) in [7, 11) is 3.08. The molecule has 0 aromatic heterocycles. The Labute approximate surface area is 137 Å². The zero-order valence-electron chi connectivity index (χ0n) is 14.2. The number of carbonyl (C=O) groups excluding carboxylic acids is 2. The molecule has 1 aromatic rings. The summed E-state index contributed by atoms with van der Waals surface area (Å²) >= 11 is 0. The summed E-state index contributed by atoms with van der Waals surface area (Å²) in [6.45, 7) is 3.73. The van der Waals surface area contributed by atoms with Crippen molar-refractivity contribution in [2.24, 2.45) is 0 Å². The highest BCUT2D eigenvalue weighted by atomic mass is 16.5. The van der Waals surface area contributed by atoms with Crippen LogP contribution in [0.2, 0.25) is 0 Å². The first-order valence-corrected chi connectivity index (χ1v) is 7.69. The van der Waals surface area contributed by atoms with Crippen LogP contribution in [0, 0.1) is 0 Å². The highest BCUT2D eigenvalue weighted by Crippen LogP contribution is 2.27. The van der Waals surface area contributed by atoms with E-state index in [1.165, 1.54) is 7.11 Å². The molecule has 6 nitrogen and oxygen atoms in total. The van der Waals surface area contributed by atoms with E-state index in [0.717, 1.165) is 18.4 Å². The van der Waals surface area contributed by atoms with Gasteiger partial charge in [-0.2, -0.15) is 0 Å². The number of carbonyl (C=O) groups is 2. The van der Waals surface area contributed by atoms with E-state index >= 15 is 0 Å². The lowest BCUT2D eigenvalue weighted by Crippen LogP contribution is -2.37. The zero-order valence-corrected chi connectivity index (χ0v) is 14.2. The fourth-order valence-corrected chi connectivity index (χ4v) is 2.12. The molecule has 1 N–H and O–H groups in total. The Kier molecular flexibility index (Phi) is 7.94. The lowest BCUT2D eigenvalue weighted by Gasteiger charge is -2.14. The molecule has 0 spiro atoms. The number of methoxy groups -OCH3 is 2. The number of esters is 1. The van der Waals surface area contributed by atoms with Gasteiger partial charge in [0, 0.05) is 6.04 Å². The molecule has 1 amide bonds. The van der Waals surface area contributed by atoms with Crippen molar-refractivity contribution < 1.29 is 23.8 Å². The Morgan fingerprint density at radius 1 is 1.09 bits per heavy atom. The quantitative estimate of drug-likeness (QED) is 0.705. The lowest BCUT2D eigenvalue weighted by molar-refractivity contribution is -0.148. The van der Waals surface area contributed by atoms with Gasteiger partial charge < -0.3 is 19.5 Å². The van der Waals surface area contributed by atoms with Gasteiger partial charge in [0.25, 0.3) is 5.91 Å². The lowest BCUT2D eigenvalue weighted by atomic mass is 10.1. The summed E-state index contributed by atoms with van der Waals surface area (Å²) < 4.78 is 15.3. The van der Waals surface area contributed by atoms with Crippen LogP contribution in [0.15, 0.2) is 18.2 Å². The second-order valence-electron chi connectivity index (χ2n) is 5.11. The fraction of sp³-hybridized carbons (Fsp3) is 0.529. The van der Waals surface area contributed by atoms with Crippen molar-refractivity contribution in [3.63, 3.8) is 0 Å². The van der Waals surface area contributed by atoms with Gasteiger partial charge in [-0.05, 0) is 30.5 Å². The summed E-state index contributed by atoms with van der Waals surface area (Å²) in [5, 5.41) is 2.82. The molecule has 23 heavy (non-hydrogen) atoms. The van der Waals surface area contributed by atoms with Crippen molar-refractivity contribution in [3.05, 3.63) is 23.8 Å². The number of rotatable bonds is 9. The third-order valence-corrected chi connectivity index (χ3v) is 3.51. The maximum Gasteiger partial charge on any atom is 0.310 e. The fourth-order valence-electron chi connectivity index (χ4n) is 2.12. The van der Waals surface area contributed by atoms with E-state index in [-0.39, 0.29) is 25.0 Å². The summed E-state index contributed by atoms with van der Waals surface area (Å²) in [6, 6.07) is 5.31. The molecule has 128 valence electrons. The molecule has 0 fully saturated rings. The minimum atomic E-state index is -0.461. The molecule has 0 radical (unpaired) electrons. The van der Waals surface area contributed by atoms with E-state index in [9.17, 15) is 9.59 Å². The van der Waals surface area contributed by atoms with E-state index in [1.54, 1.807) is 25.3 Å². The van der Waals surface area contributed by atoms with Crippen LogP contribution in [0.1, 0.15) is 32.3 Å². The molecule has 0 aliphatic rings. The van der Waals surface area contributed by atoms with Crippen LogP contribution in [-0.2, 0) is 20.7 Å². The number of hydrogen-bond acceptors (Lipinski definition) is 5. The van der Waals surface area contributed by atoms with Crippen molar-refractivity contribution in [3.8, 4) is 11.5 Å². The maximum absolute atomic E-state index is 11.8. The molecule has 0 aliphatic carbocycles. The second kappa shape index (κ2) is 9.71. The molecule has 0 saturated carbocycles. The molecule has 6 heteroatoms. The molecule has 1 aromatic carbocycles. The first-order chi connectivity index (χ1) is 11.0. The predicted molar refractivity (Wildman–Crippen MR) is 86.7 cm³/mol. The van der Waals surface area contributed by atoms with Gasteiger partial charge in [-0.25, -0.2) is 0 Å². The van der Waals surface area contributed by atoms with Crippen LogP contribution >= 0.6 is 0 Å². The number of benzene rings is 1. The molecule has 0 unspecified atom stereocenters. The van der Waals surface area contributed by atoms with E-state index in [2.05, 4.69) is 5.32 Å². The van der Waals surface area contributed by atoms with Crippen LogP contribution in [0.4, 0.5) is 0 Å². The highest BCUT2D eigenvalue weighted by molar-refractivity contribution is 5.81. The highest BCUT2D eigenvalue weighted by Gasteiger charge is 2.13. The summed E-state index contributed by atoms with van der Waals surface area (Å²) in [5.74, 6) is 0.398. The molecule has 0 heterocycles. The molecule has 0 aliphatic heterocycles. The second-order valence-corrected chi connectivity index (χ2v) is 5.11. The van der Waals surface area contributed by atoms with Gasteiger partial charge in [0.15, 0.2) is 18.1 Å². The van der Waals surface area contributed by atoms with Crippen LogP contribution in [-0.4, -0.2) is 38.7 Å². The third kappa shape index (κ3) is 6.18. The molecular weight excluding hydrogens is 298 g/mol. The summed E-state index contributed by atoms with van der Waals surface area (Å²) in [6.07, 6.45) is 1.77. The normalized spacial score (nSPS) is 10.3. The van der Waals surface area contributed by atoms with Gasteiger partial charge in [0.05, 0.1) is 20.6 Å². The van der Waals surface area contributed by atoms with Gasteiger partial charge >= 0.3 is 5.97 Å². The number of nitrogens with one attached hydrogen (secondary N) is 1. The Morgan fingerprint density at radius 3 is 2.30 bits per heavy atom. The maximum atomic E-state index is 11.8. The van der Waals surface area contributed by atoms with Crippen molar-refractivity contribution in [1.82, 2.24) is 5.32 Å². The van der Waals surface area contributed by atoms with Gasteiger partial charge in [-0.1, -0.05) is 19.9 Å². The molecule has 1 rings (SSSR count). The monoisotopic (exact) mass is 323 g/mol. The molecule has 0 bridgehead atoms. The van der Waals surface area contributed by atoms with Crippen molar-refractivity contribution >= 4 is 11.9 Å². The minimum Gasteiger partial charge on any atom is -0.493 e. The topological polar surface area (TPSA) is 73.9 Å². The van der Waals surface area contributed by atoms with Crippen molar-refractivity contribution in [2.75, 3.05) is 20.8 Å². The number of hydrogen-bond donors (Lipinski definition) is 1. The first kappa shape index (κ1) is 18.8. The predicted octanol–water partition coefficient (Wildman–Crippen LogP) is 2.09. The van der Waals surface area contributed by atoms with E-state index in [0.29, 0.717) is 11.5 Å². The zero-order chi connectivity index (χ0) is 17.2. The summed E-state index contributed by atoms with van der Waals surface area (Å²) in [5.41, 5.74) is 0.730. The number of amides is 1. The standard InChI is InChI=1S/C17H25NO5/c1-5-13(6-2)18-16(19)11-23-17(20)10-12-7-8-14(21-3)15(9-12)22-4/h7-9,13H,5-6,10-11H2,1-4H3,(H,18,19). The molecular formula is C17H25NO5. The van der Waals surface area contributed by atoms with Crippen LogP contribution in [0.25, 0.3) is 0 Å². The van der Waals surface area contributed by atoms with Gasteiger partial charge in [0.2, 0.25) is 0 Å². The van der Waals surface area contributed by atoms with Gasteiger partial charge in [-0.3, -0.25) is 9.59 Å². The largest absolute Gasteiger partial charge is 0.493 e. The Morgan fingerprint density at radius 2 is 1.74 bits per heavy atom. The van der Waals surface area contributed by atoms with Crippen LogP contribution in [0.3, 0.4) is 0 Å². The first-order valence-electron chi connectivity index (χ1n) is 7.69.